The molecule has 100 valence electrons. The Morgan fingerprint density at radius 1 is 1.15 bits per heavy atom. The lowest BCUT2D eigenvalue weighted by molar-refractivity contribution is 0.104. The number of Topliss-reactive ketones (excluding diaryl/α,β-unsaturated/α-hetero) is 1. The van der Waals surface area contributed by atoms with E-state index in [1.807, 2.05) is 48.5 Å². The van der Waals surface area contributed by atoms with Crippen molar-refractivity contribution in [2.45, 2.75) is 6.42 Å². The van der Waals surface area contributed by atoms with Gasteiger partial charge in [-0.25, -0.2) is 0 Å². The van der Waals surface area contributed by atoms with Gasteiger partial charge in [-0.05, 0) is 35.4 Å². The van der Waals surface area contributed by atoms with Gasteiger partial charge in [0.15, 0.2) is 5.78 Å². The van der Waals surface area contributed by atoms with Crippen molar-refractivity contribution in [2.75, 3.05) is 7.11 Å². The van der Waals surface area contributed by atoms with E-state index in [4.69, 9.17) is 16.3 Å². The van der Waals surface area contributed by atoms with Crippen LogP contribution in [0.1, 0.15) is 21.5 Å². The zero-order valence-electron chi connectivity index (χ0n) is 11.0. The molecule has 0 N–H and O–H groups in total. The van der Waals surface area contributed by atoms with Gasteiger partial charge in [0.1, 0.15) is 5.75 Å². The lowest BCUT2D eigenvalue weighted by Gasteiger charge is -2.00. The van der Waals surface area contributed by atoms with Gasteiger partial charge in [-0.3, -0.25) is 4.79 Å². The Kier molecular flexibility index (Phi) is 3.33. The van der Waals surface area contributed by atoms with E-state index in [-0.39, 0.29) is 5.78 Å². The molecule has 0 fully saturated rings. The Balaban J connectivity index is 1.95. The van der Waals surface area contributed by atoms with Crippen molar-refractivity contribution < 1.29 is 9.53 Å². The van der Waals surface area contributed by atoms with Crippen molar-refractivity contribution in [2.24, 2.45) is 0 Å². The number of ether oxygens (including phenoxy) is 1. The van der Waals surface area contributed by atoms with Crippen LogP contribution >= 0.6 is 11.6 Å². The molecule has 1 aliphatic carbocycles. The van der Waals surface area contributed by atoms with Crippen LogP contribution < -0.4 is 4.74 Å². The summed E-state index contributed by atoms with van der Waals surface area (Å²) in [5.74, 6) is 0.870. The zero-order valence-corrected chi connectivity index (χ0v) is 11.8. The fourth-order valence-electron chi connectivity index (χ4n) is 2.41. The summed E-state index contributed by atoms with van der Waals surface area (Å²) in [5, 5.41) is 0.661. The van der Waals surface area contributed by atoms with E-state index in [1.54, 1.807) is 7.11 Å². The minimum absolute atomic E-state index is 0.0679. The van der Waals surface area contributed by atoms with E-state index in [1.165, 1.54) is 0 Å². The number of allylic oxidation sites excluding steroid dienone is 1. The van der Waals surface area contributed by atoms with Gasteiger partial charge in [-0.15, -0.1) is 0 Å². The number of ketones is 1. The zero-order chi connectivity index (χ0) is 14.1. The summed E-state index contributed by atoms with van der Waals surface area (Å²) in [4.78, 5) is 12.3. The summed E-state index contributed by atoms with van der Waals surface area (Å²) in [6, 6.07) is 13.1. The maximum Gasteiger partial charge on any atom is 0.189 e. The number of hydrogen-bond acceptors (Lipinski definition) is 2. The van der Waals surface area contributed by atoms with E-state index >= 15 is 0 Å². The van der Waals surface area contributed by atoms with E-state index in [0.717, 1.165) is 28.0 Å². The summed E-state index contributed by atoms with van der Waals surface area (Å²) in [5.41, 5.74) is 3.41. The summed E-state index contributed by atoms with van der Waals surface area (Å²) < 4.78 is 5.12. The molecule has 0 amide bonds. The molecule has 1 aliphatic rings. The average Bonchev–Trinajstić information content (AvgIpc) is 2.79. The van der Waals surface area contributed by atoms with E-state index in [2.05, 4.69) is 0 Å². The van der Waals surface area contributed by atoms with Gasteiger partial charge < -0.3 is 4.74 Å². The highest BCUT2D eigenvalue weighted by Gasteiger charge is 2.26. The smallest absolute Gasteiger partial charge is 0.189 e. The Bertz CT molecular complexity index is 699. The molecule has 0 saturated carbocycles. The number of benzene rings is 2. The van der Waals surface area contributed by atoms with Crippen molar-refractivity contribution in [1.29, 1.82) is 0 Å². The predicted molar refractivity (Wildman–Crippen MR) is 80.5 cm³/mol. The summed E-state index contributed by atoms with van der Waals surface area (Å²) >= 11 is 6.15. The highest BCUT2D eigenvalue weighted by molar-refractivity contribution is 6.33. The van der Waals surface area contributed by atoms with Crippen molar-refractivity contribution in [3.8, 4) is 5.75 Å². The molecule has 2 aromatic carbocycles. The molecule has 0 aromatic heterocycles. The van der Waals surface area contributed by atoms with Crippen molar-refractivity contribution in [1.82, 2.24) is 0 Å². The maximum atomic E-state index is 12.3. The number of halogens is 1. The molecule has 0 heterocycles. The predicted octanol–water partition coefficient (Wildman–Crippen LogP) is 4.17. The lowest BCUT2D eigenvalue weighted by Crippen LogP contribution is -1.95. The average molecular weight is 285 g/mol. The number of rotatable bonds is 2. The van der Waals surface area contributed by atoms with Crippen molar-refractivity contribution in [3.05, 3.63) is 69.8 Å². The summed E-state index contributed by atoms with van der Waals surface area (Å²) in [7, 11) is 1.63. The quantitative estimate of drug-likeness (QED) is 0.774. The number of carbonyl (C=O) groups excluding carboxylic acids is 1. The molecule has 0 radical (unpaired) electrons. The number of methoxy groups -OCH3 is 1. The van der Waals surface area contributed by atoms with E-state index in [0.29, 0.717) is 11.4 Å². The van der Waals surface area contributed by atoms with Crippen LogP contribution in [0.3, 0.4) is 0 Å². The third-order valence-corrected chi connectivity index (χ3v) is 3.83. The van der Waals surface area contributed by atoms with Gasteiger partial charge in [0.2, 0.25) is 0 Å². The second kappa shape index (κ2) is 5.14. The molecule has 2 nitrogen and oxygen atoms in total. The van der Waals surface area contributed by atoms with Crippen molar-refractivity contribution >= 4 is 23.5 Å². The fraction of sp³-hybridized carbons (Fsp3) is 0.118. The van der Waals surface area contributed by atoms with Gasteiger partial charge in [0.05, 0.1) is 7.11 Å². The van der Waals surface area contributed by atoms with Crippen LogP contribution in [0.25, 0.3) is 6.08 Å². The van der Waals surface area contributed by atoms with Crippen LogP contribution in [-0.4, -0.2) is 12.9 Å². The molecule has 3 rings (SSSR count). The standard InChI is InChI=1S/C17H13ClO2/c1-20-13-7-5-11(6-8-13)9-12-10-15-14(17(12)19)3-2-4-16(15)18/h2-9H,10H2,1H3/b12-9+. The molecule has 20 heavy (non-hydrogen) atoms. The van der Waals surface area contributed by atoms with Crippen LogP contribution in [0.2, 0.25) is 5.02 Å². The first-order valence-corrected chi connectivity index (χ1v) is 6.73. The second-order valence-corrected chi connectivity index (χ2v) is 5.12. The number of carbonyl (C=O) groups is 1. The topological polar surface area (TPSA) is 26.3 Å². The van der Waals surface area contributed by atoms with Crippen LogP contribution in [0.4, 0.5) is 0 Å². The fourth-order valence-corrected chi connectivity index (χ4v) is 2.65. The highest BCUT2D eigenvalue weighted by Crippen LogP contribution is 2.32. The Labute approximate surface area is 122 Å². The van der Waals surface area contributed by atoms with E-state index in [9.17, 15) is 4.79 Å². The first kappa shape index (κ1) is 12.9. The first-order valence-electron chi connectivity index (χ1n) is 6.36. The number of fused-ring (bicyclic) bond motifs is 1. The first-order chi connectivity index (χ1) is 9.69. The largest absolute Gasteiger partial charge is 0.497 e. The summed E-state index contributed by atoms with van der Waals surface area (Å²) in [6.45, 7) is 0. The Morgan fingerprint density at radius 2 is 1.90 bits per heavy atom. The number of hydrogen-bond donors (Lipinski definition) is 0. The van der Waals surface area contributed by atoms with E-state index < -0.39 is 0 Å². The lowest BCUT2D eigenvalue weighted by atomic mass is 10.1. The monoisotopic (exact) mass is 284 g/mol. The third-order valence-electron chi connectivity index (χ3n) is 3.48. The molecule has 0 bridgehead atoms. The maximum absolute atomic E-state index is 12.3. The van der Waals surface area contributed by atoms with Crippen LogP contribution in [0.15, 0.2) is 48.0 Å². The normalized spacial score (nSPS) is 15.5. The molecule has 2 aromatic rings. The molecule has 3 heteroatoms. The van der Waals surface area contributed by atoms with Gasteiger partial charge in [-0.2, -0.15) is 0 Å². The van der Waals surface area contributed by atoms with Crippen molar-refractivity contribution in [3.63, 3.8) is 0 Å². The van der Waals surface area contributed by atoms with Gasteiger partial charge in [0, 0.05) is 22.6 Å². The van der Waals surface area contributed by atoms with Gasteiger partial charge in [0.25, 0.3) is 0 Å². The SMILES string of the molecule is COc1ccc(/C=C2\Cc3c(Cl)cccc3C2=O)cc1. The minimum atomic E-state index is 0.0679. The van der Waals surface area contributed by atoms with Crippen LogP contribution in [0, 0.1) is 0 Å². The molecule has 0 spiro atoms. The van der Waals surface area contributed by atoms with Crippen LogP contribution in [-0.2, 0) is 6.42 Å². The molecule has 0 saturated heterocycles. The molecular weight excluding hydrogens is 272 g/mol. The second-order valence-electron chi connectivity index (χ2n) is 4.71. The molecule has 0 atom stereocenters. The van der Waals surface area contributed by atoms with Gasteiger partial charge in [-0.1, -0.05) is 35.9 Å². The highest BCUT2D eigenvalue weighted by atomic mass is 35.5. The molecule has 0 aliphatic heterocycles. The van der Waals surface area contributed by atoms with Gasteiger partial charge >= 0.3 is 0 Å². The Hall–Kier alpha value is -2.06. The van der Waals surface area contributed by atoms with Crippen LogP contribution in [0.5, 0.6) is 5.75 Å². The molecular formula is C17H13ClO2. The third kappa shape index (κ3) is 2.23. The minimum Gasteiger partial charge on any atom is -0.497 e. The summed E-state index contributed by atoms with van der Waals surface area (Å²) in [6.07, 6.45) is 2.51. The Morgan fingerprint density at radius 3 is 2.55 bits per heavy atom. The molecule has 0 unspecified atom stereocenters.